The van der Waals surface area contributed by atoms with Crippen LogP contribution in [0, 0.1) is 0 Å². The maximum Gasteiger partial charge on any atom is 0.254 e. The van der Waals surface area contributed by atoms with Crippen LogP contribution in [0.2, 0.25) is 0 Å². The van der Waals surface area contributed by atoms with Gasteiger partial charge in [-0.25, -0.2) is 4.98 Å². The predicted molar refractivity (Wildman–Crippen MR) is 109 cm³/mol. The van der Waals surface area contributed by atoms with Gasteiger partial charge in [0.2, 0.25) is 5.95 Å². The maximum atomic E-state index is 11.6. The van der Waals surface area contributed by atoms with Gasteiger partial charge in [-0.2, -0.15) is 4.98 Å². The highest BCUT2D eigenvalue weighted by molar-refractivity contribution is 5.97. The minimum atomic E-state index is -0.545. The number of aromatic nitrogens is 2. The van der Waals surface area contributed by atoms with E-state index in [4.69, 9.17) is 10.5 Å². The first-order valence-electron chi connectivity index (χ1n) is 9.48. The van der Waals surface area contributed by atoms with Crippen molar-refractivity contribution >= 4 is 29.0 Å². The van der Waals surface area contributed by atoms with Crippen molar-refractivity contribution in [3.05, 3.63) is 30.0 Å². The first kappa shape index (κ1) is 18.3. The first-order chi connectivity index (χ1) is 13.6. The molecular formula is C19H25N7O2. The standard InChI is InChI=1S/C19H25N7O2/c1-28-16-10-13(4-5-15(16)26-8-6-21-7-9-26)24-19-22-11-14(17(20)27)18(25-19)23-12-2-3-12/h4-5,10-12,21H,2-3,6-9H2,1H3,(H2,20,27)(H2,22,23,24,25). The van der Waals surface area contributed by atoms with Gasteiger partial charge in [-0.15, -0.1) is 0 Å². The quantitative estimate of drug-likeness (QED) is 0.565. The number of amides is 1. The summed E-state index contributed by atoms with van der Waals surface area (Å²) in [6.45, 7) is 3.80. The van der Waals surface area contributed by atoms with Gasteiger partial charge in [-0.3, -0.25) is 4.79 Å². The minimum Gasteiger partial charge on any atom is -0.495 e. The van der Waals surface area contributed by atoms with Gasteiger partial charge < -0.3 is 31.3 Å². The van der Waals surface area contributed by atoms with Crippen LogP contribution in [0.5, 0.6) is 5.75 Å². The third-order valence-corrected chi connectivity index (χ3v) is 4.87. The monoisotopic (exact) mass is 383 g/mol. The van der Waals surface area contributed by atoms with E-state index >= 15 is 0 Å². The molecule has 2 fully saturated rings. The lowest BCUT2D eigenvalue weighted by Crippen LogP contribution is -2.43. The van der Waals surface area contributed by atoms with Gasteiger partial charge in [-0.05, 0) is 25.0 Å². The van der Waals surface area contributed by atoms with E-state index < -0.39 is 5.91 Å². The van der Waals surface area contributed by atoms with E-state index in [9.17, 15) is 4.79 Å². The summed E-state index contributed by atoms with van der Waals surface area (Å²) in [6, 6.07) is 6.28. The number of carbonyl (C=O) groups is 1. The maximum absolute atomic E-state index is 11.6. The van der Waals surface area contributed by atoms with Crippen LogP contribution in [0.1, 0.15) is 23.2 Å². The summed E-state index contributed by atoms with van der Waals surface area (Å²) >= 11 is 0. The summed E-state index contributed by atoms with van der Waals surface area (Å²) in [5.74, 6) is 1.11. The van der Waals surface area contributed by atoms with Gasteiger partial charge in [0, 0.05) is 50.2 Å². The van der Waals surface area contributed by atoms with Crippen molar-refractivity contribution in [3.8, 4) is 5.75 Å². The number of hydrogen-bond donors (Lipinski definition) is 4. The third-order valence-electron chi connectivity index (χ3n) is 4.87. The molecule has 2 aromatic rings. The summed E-state index contributed by atoms with van der Waals surface area (Å²) in [5, 5.41) is 9.77. The van der Waals surface area contributed by atoms with Gasteiger partial charge in [0.05, 0.1) is 18.4 Å². The number of nitrogens with zero attached hydrogens (tertiary/aromatic N) is 3. The number of benzene rings is 1. The Morgan fingerprint density at radius 2 is 2.11 bits per heavy atom. The number of ether oxygens (including phenoxy) is 1. The molecule has 0 bridgehead atoms. The van der Waals surface area contributed by atoms with Crippen molar-refractivity contribution in [1.82, 2.24) is 15.3 Å². The highest BCUT2D eigenvalue weighted by Crippen LogP contribution is 2.32. The van der Waals surface area contributed by atoms with E-state index in [1.54, 1.807) is 7.11 Å². The summed E-state index contributed by atoms with van der Waals surface area (Å²) in [4.78, 5) is 22.6. The zero-order chi connectivity index (χ0) is 19.5. The molecule has 2 aliphatic rings. The number of methoxy groups -OCH3 is 1. The molecule has 0 atom stereocenters. The molecule has 1 aliphatic heterocycles. The normalized spacial score (nSPS) is 16.5. The molecule has 148 valence electrons. The summed E-state index contributed by atoms with van der Waals surface area (Å²) < 4.78 is 5.60. The van der Waals surface area contributed by atoms with Crippen LogP contribution >= 0.6 is 0 Å². The molecule has 5 N–H and O–H groups in total. The number of nitrogens with one attached hydrogen (secondary N) is 3. The lowest BCUT2D eigenvalue weighted by atomic mass is 10.2. The molecule has 0 spiro atoms. The van der Waals surface area contributed by atoms with Crippen molar-refractivity contribution in [2.45, 2.75) is 18.9 Å². The number of rotatable bonds is 7. The Bertz CT molecular complexity index is 863. The molecule has 1 saturated heterocycles. The number of hydrogen-bond acceptors (Lipinski definition) is 8. The summed E-state index contributed by atoms with van der Waals surface area (Å²) in [5.41, 5.74) is 7.60. The topological polar surface area (TPSA) is 117 Å². The van der Waals surface area contributed by atoms with Gasteiger partial charge in [0.25, 0.3) is 5.91 Å². The van der Waals surface area contributed by atoms with Gasteiger partial charge in [0.1, 0.15) is 11.6 Å². The van der Waals surface area contributed by atoms with E-state index in [0.29, 0.717) is 23.4 Å². The molecule has 9 nitrogen and oxygen atoms in total. The SMILES string of the molecule is COc1cc(Nc2ncc(C(N)=O)c(NC3CC3)n2)ccc1N1CCNCC1. The number of piperazine rings is 1. The van der Waals surface area contributed by atoms with E-state index in [2.05, 4.69) is 30.8 Å². The van der Waals surface area contributed by atoms with Crippen molar-refractivity contribution in [3.63, 3.8) is 0 Å². The predicted octanol–water partition coefficient (Wildman–Crippen LogP) is 1.31. The van der Waals surface area contributed by atoms with Crippen LogP contribution in [0.3, 0.4) is 0 Å². The second kappa shape index (κ2) is 7.89. The molecule has 9 heteroatoms. The molecule has 28 heavy (non-hydrogen) atoms. The highest BCUT2D eigenvalue weighted by Gasteiger charge is 2.24. The molecule has 1 aromatic heterocycles. The molecule has 1 aliphatic carbocycles. The fraction of sp³-hybridized carbons (Fsp3) is 0.421. The van der Waals surface area contributed by atoms with Gasteiger partial charge in [-0.1, -0.05) is 0 Å². The summed E-state index contributed by atoms with van der Waals surface area (Å²) in [6.07, 6.45) is 3.58. The highest BCUT2D eigenvalue weighted by atomic mass is 16.5. The van der Waals surface area contributed by atoms with Crippen LogP contribution in [0.25, 0.3) is 0 Å². The van der Waals surface area contributed by atoms with Crippen molar-refractivity contribution in [2.75, 3.05) is 48.8 Å². The lowest BCUT2D eigenvalue weighted by Gasteiger charge is -2.30. The van der Waals surface area contributed by atoms with Crippen LogP contribution in [0.15, 0.2) is 24.4 Å². The Kier molecular flexibility index (Phi) is 5.16. The van der Waals surface area contributed by atoms with Crippen LogP contribution < -0.4 is 31.3 Å². The zero-order valence-electron chi connectivity index (χ0n) is 15.9. The van der Waals surface area contributed by atoms with Crippen LogP contribution in [-0.2, 0) is 0 Å². The fourth-order valence-corrected chi connectivity index (χ4v) is 3.20. The lowest BCUT2D eigenvalue weighted by molar-refractivity contribution is 0.100. The number of nitrogens with two attached hydrogens (primary N) is 1. The molecule has 2 heterocycles. The Labute approximate surface area is 163 Å². The molecule has 1 saturated carbocycles. The van der Waals surface area contributed by atoms with Crippen LogP contribution in [0.4, 0.5) is 23.1 Å². The second-order valence-corrected chi connectivity index (χ2v) is 6.99. The average molecular weight is 383 g/mol. The Balaban J connectivity index is 1.55. The van der Waals surface area contributed by atoms with Crippen molar-refractivity contribution in [1.29, 1.82) is 0 Å². The molecule has 0 radical (unpaired) electrons. The smallest absolute Gasteiger partial charge is 0.254 e. The molecular weight excluding hydrogens is 358 g/mol. The fourth-order valence-electron chi connectivity index (χ4n) is 3.20. The number of primary amides is 1. The average Bonchev–Trinajstić information content (AvgIpc) is 3.52. The minimum absolute atomic E-state index is 0.295. The largest absolute Gasteiger partial charge is 0.495 e. The Morgan fingerprint density at radius 1 is 1.32 bits per heavy atom. The van der Waals surface area contributed by atoms with Crippen molar-refractivity contribution < 1.29 is 9.53 Å². The molecule has 1 aromatic carbocycles. The van der Waals surface area contributed by atoms with E-state index in [0.717, 1.165) is 56.1 Å². The van der Waals surface area contributed by atoms with E-state index in [1.165, 1.54) is 6.20 Å². The second-order valence-electron chi connectivity index (χ2n) is 6.99. The summed E-state index contributed by atoms with van der Waals surface area (Å²) in [7, 11) is 1.67. The molecule has 0 unspecified atom stereocenters. The molecule has 4 rings (SSSR count). The molecule has 1 amide bonds. The Hall–Kier alpha value is -3.07. The number of anilines is 4. The van der Waals surface area contributed by atoms with E-state index in [-0.39, 0.29) is 0 Å². The van der Waals surface area contributed by atoms with Gasteiger partial charge in [0.15, 0.2) is 0 Å². The Morgan fingerprint density at radius 3 is 2.79 bits per heavy atom. The zero-order valence-corrected chi connectivity index (χ0v) is 15.9. The first-order valence-corrected chi connectivity index (χ1v) is 9.48. The third kappa shape index (κ3) is 4.09. The van der Waals surface area contributed by atoms with Crippen molar-refractivity contribution in [2.24, 2.45) is 5.73 Å². The van der Waals surface area contributed by atoms with Gasteiger partial charge >= 0.3 is 0 Å². The van der Waals surface area contributed by atoms with Crippen LogP contribution in [-0.4, -0.2) is 55.2 Å². The van der Waals surface area contributed by atoms with E-state index in [1.807, 2.05) is 18.2 Å². The number of carbonyl (C=O) groups excluding carboxylic acids is 1.